The molecule has 0 aliphatic rings. The van der Waals surface area contributed by atoms with Crippen molar-refractivity contribution in [3.8, 4) is 0 Å². The first kappa shape index (κ1) is 28.5. The van der Waals surface area contributed by atoms with Crippen LogP contribution in [0.1, 0.15) is 23.6 Å². The Hall–Kier alpha value is -3.07. The molecule has 0 bridgehead atoms. The Morgan fingerprint density at radius 1 is 0.946 bits per heavy atom. The number of carbonyl (C=O) groups is 2. The van der Waals surface area contributed by atoms with Gasteiger partial charge in [-0.25, -0.2) is 8.42 Å². The molecule has 3 aromatic carbocycles. The van der Waals surface area contributed by atoms with Crippen molar-refractivity contribution >= 4 is 50.7 Å². The maximum Gasteiger partial charge on any atom is 0.264 e. The fourth-order valence-corrected chi connectivity index (χ4v) is 5.65. The lowest BCUT2D eigenvalue weighted by Crippen LogP contribution is -2.50. The molecule has 7 nitrogen and oxygen atoms in total. The average molecular weight is 563 g/mol. The number of sulfonamides is 1. The molecule has 3 rings (SSSR count). The fourth-order valence-electron chi connectivity index (χ4n) is 3.77. The molecule has 3 aromatic rings. The highest BCUT2D eigenvalue weighted by atomic mass is 35.5. The largest absolute Gasteiger partial charge is 0.357 e. The number of anilines is 1. The van der Waals surface area contributed by atoms with Crippen LogP contribution in [0.4, 0.5) is 5.69 Å². The van der Waals surface area contributed by atoms with Gasteiger partial charge in [-0.2, -0.15) is 0 Å². The second kappa shape index (κ2) is 12.0. The molecule has 1 N–H and O–H groups in total. The number of halogens is 2. The lowest BCUT2D eigenvalue weighted by molar-refractivity contribution is -0.139. The van der Waals surface area contributed by atoms with E-state index in [1.807, 2.05) is 19.9 Å². The smallest absolute Gasteiger partial charge is 0.264 e. The molecule has 0 saturated heterocycles. The van der Waals surface area contributed by atoms with Crippen LogP contribution in [-0.4, -0.2) is 44.8 Å². The van der Waals surface area contributed by atoms with Crippen molar-refractivity contribution in [3.63, 3.8) is 0 Å². The second-order valence-electron chi connectivity index (χ2n) is 8.71. The van der Waals surface area contributed by atoms with Gasteiger partial charge in [0.15, 0.2) is 0 Å². The number of carbonyl (C=O) groups excluding carboxylic acids is 2. The van der Waals surface area contributed by atoms with Gasteiger partial charge in [-0.1, -0.05) is 59.1 Å². The molecule has 10 heteroatoms. The van der Waals surface area contributed by atoms with Gasteiger partial charge in [-0.05, 0) is 68.3 Å². The van der Waals surface area contributed by atoms with Crippen LogP contribution in [0, 0.1) is 13.8 Å². The molecule has 0 saturated carbocycles. The third-order valence-corrected chi connectivity index (χ3v) is 8.32. The SMILES string of the molecule is CNC(=O)[C@@H](C)N(Cc1ccc(Cl)cc1Cl)C(=O)CN(c1cccc(C)c1)S(=O)(=O)c1ccc(C)cc1. The van der Waals surface area contributed by atoms with Crippen LogP contribution in [0.3, 0.4) is 0 Å². The topological polar surface area (TPSA) is 86.8 Å². The fraction of sp³-hybridized carbons (Fsp3) is 0.259. The lowest BCUT2D eigenvalue weighted by Gasteiger charge is -2.32. The Kier molecular flexibility index (Phi) is 9.23. The molecule has 0 heterocycles. The van der Waals surface area contributed by atoms with E-state index in [1.54, 1.807) is 55.5 Å². The van der Waals surface area contributed by atoms with E-state index >= 15 is 0 Å². The van der Waals surface area contributed by atoms with Gasteiger partial charge in [0, 0.05) is 23.6 Å². The molecule has 0 radical (unpaired) electrons. The summed E-state index contributed by atoms with van der Waals surface area (Å²) in [5.41, 5.74) is 2.64. The first-order valence-corrected chi connectivity index (χ1v) is 13.7. The number of hydrogen-bond acceptors (Lipinski definition) is 4. The van der Waals surface area contributed by atoms with Crippen LogP contribution in [-0.2, 0) is 26.2 Å². The molecule has 0 aliphatic heterocycles. The van der Waals surface area contributed by atoms with Crippen molar-refractivity contribution < 1.29 is 18.0 Å². The van der Waals surface area contributed by atoms with E-state index in [1.165, 1.54) is 24.1 Å². The van der Waals surface area contributed by atoms with Crippen molar-refractivity contribution in [2.45, 2.75) is 38.3 Å². The maximum atomic E-state index is 13.8. The summed E-state index contributed by atoms with van der Waals surface area (Å²) in [4.78, 5) is 27.7. The highest BCUT2D eigenvalue weighted by Crippen LogP contribution is 2.27. The van der Waals surface area contributed by atoms with Crippen LogP contribution < -0.4 is 9.62 Å². The van der Waals surface area contributed by atoms with E-state index in [-0.39, 0.29) is 11.4 Å². The minimum absolute atomic E-state index is 0.0182. The normalized spacial score (nSPS) is 12.1. The van der Waals surface area contributed by atoms with Crippen molar-refractivity contribution in [2.75, 3.05) is 17.9 Å². The molecule has 37 heavy (non-hydrogen) atoms. The Balaban J connectivity index is 2.05. The van der Waals surface area contributed by atoms with Crippen molar-refractivity contribution in [1.29, 1.82) is 0 Å². The molecule has 0 unspecified atom stereocenters. The van der Waals surface area contributed by atoms with E-state index in [0.717, 1.165) is 15.4 Å². The van der Waals surface area contributed by atoms with E-state index in [4.69, 9.17) is 23.2 Å². The molecular weight excluding hydrogens is 533 g/mol. The number of hydrogen-bond donors (Lipinski definition) is 1. The molecule has 0 aliphatic carbocycles. The zero-order valence-electron chi connectivity index (χ0n) is 21.0. The minimum atomic E-state index is -4.11. The third-order valence-electron chi connectivity index (χ3n) is 5.95. The number of nitrogens with one attached hydrogen (secondary N) is 1. The Labute approximate surface area is 228 Å². The summed E-state index contributed by atoms with van der Waals surface area (Å²) in [5.74, 6) is -0.971. The predicted molar refractivity (Wildman–Crippen MR) is 147 cm³/mol. The van der Waals surface area contributed by atoms with E-state index in [0.29, 0.717) is 21.3 Å². The van der Waals surface area contributed by atoms with Crippen LogP contribution in [0.25, 0.3) is 0 Å². The molecule has 1 atom stereocenters. The van der Waals surface area contributed by atoms with Crippen LogP contribution >= 0.6 is 23.2 Å². The summed E-state index contributed by atoms with van der Waals surface area (Å²) in [6, 6.07) is 17.3. The second-order valence-corrected chi connectivity index (χ2v) is 11.4. The monoisotopic (exact) mass is 561 g/mol. The van der Waals surface area contributed by atoms with Crippen LogP contribution in [0.15, 0.2) is 71.6 Å². The highest BCUT2D eigenvalue weighted by molar-refractivity contribution is 7.92. The molecule has 0 aromatic heterocycles. The molecule has 0 spiro atoms. The van der Waals surface area contributed by atoms with Gasteiger partial charge in [0.25, 0.3) is 10.0 Å². The summed E-state index contributed by atoms with van der Waals surface area (Å²) < 4.78 is 28.6. The van der Waals surface area contributed by atoms with Crippen molar-refractivity contribution in [3.05, 3.63) is 93.5 Å². The van der Waals surface area contributed by atoms with Crippen molar-refractivity contribution in [1.82, 2.24) is 10.2 Å². The van der Waals surface area contributed by atoms with Gasteiger partial charge in [0.05, 0.1) is 10.6 Å². The van der Waals surface area contributed by atoms with Gasteiger partial charge in [-0.15, -0.1) is 0 Å². The van der Waals surface area contributed by atoms with Gasteiger partial charge in [-0.3, -0.25) is 13.9 Å². The summed E-state index contributed by atoms with van der Waals surface area (Å²) in [5, 5.41) is 3.31. The van der Waals surface area contributed by atoms with Crippen molar-refractivity contribution in [2.24, 2.45) is 0 Å². The van der Waals surface area contributed by atoms with E-state index in [9.17, 15) is 18.0 Å². The Morgan fingerprint density at radius 2 is 1.62 bits per heavy atom. The van der Waals surface area contributed by atoms with E-state index < -0.39 is 34.4 Å². The summed E-state index contributed by atoms with van der Waals surface area (Å²) in [7, 11) is -2.64. The molecule has 196 valence electrons. The number of likely N-dealkylation sites (N-methyl/N-ethyl adjacent to an activating group) is 1. The summed E-state index contributed by atoms with van der Waals surface area (Å²) >= 11 is 12.4. The standard InChI is InChI=1S/C27H29Cl2N3O4S/c1-18-8-12-24(13-9-18)37(35,36)32(23-7-5-6-19(2)14-23)17-26(33)31(20(3)27(34)30-4)16-21-10-11-22(28)15-25(21)29/h5-15,20H,16-17H2,1-4H3,(H,30,34)/t20-/m1/s1. The average Bonchev–Trinajstić information content (AvgIpc) is 2.86. The number of amides is 2. The Morgan fingerprint density at radius 3 is 2.22 bits per heavy atom. The number of benzene rings is 3. The van der Waals surface area contributed by atoms with E-state index in [2.05, 4.69) is 5.32 Å². The Bertz CT molecular complexity index is 1400. The number of nitrogens with zero attached hydrogens (tertiary/aromatic N) is 2. The van der Waals surface area contributed by atoms with Gasteiger partial charge >= 0.3 is 0 Å². The summed E-state index contributed by atoms with van der Waals surface area (Å²) in [6.07, 6.45) is 0. The molecular formula is C27H29Cl2N3O4S. The van der Waals surface area contributed by atoms with Gasteiger partial charge < -0.3 is 10.2 Å². The number of rotatable bonds is 9. The minimum Gasteiger partial charge on any atom is -0.357 e. The van der Waals surface area contributed by atoms with Crippen LogP contribution in [0.2, 0.25) is 10.0 Å². The predicted octanol–water partition coefficient (Wildman–Crippen LogP) is 4.97. The summed E-state index contributed by atoms with van der Waals surface area (Å²) in [6.45, 7) is 4.73. The highest BCUT2D eigenvalue weighted by Gasteiger charge is 2.32. The first-order chi connectivity index (χ1) is 17.4. The molecule has 0 fully saturated rings. The zero-order chi connectivity index (χ0) is 27.3. The number of aryl methyl sites for hydroxylation is 2. The maximum absolute atomic E-state index is 13.8. The zero-order valence-corrected chi connectivity index (χ0v) is 23.4. The van der Waals surface area contributed by atoms with Gasteiger partial charge in [0.2, 0.25) is 11.8 Å². The third kappa shape index (κ3) is 6.83. The van der Waals surface area contributed by atoms with Gasteiger partial charge in [0.1, 0.15) is 12.6 Å². The molecule has 2 amide bonds. The first-order valence-electron chi connectivity index (χ1n) is 11.5. The lowest BCUT2D eigenvalue weighted by atomic mass is 10.1. The van der Waals surface area contributed by atoms with Crippen LogP contribution in [0.5, 0.6) is 0 Å². The quantitative estimate of drug-likeness (QED) is 0.399.